The van der Waals surface area contributed by atoms with Gasteiger partial charge in [0.05, 0.1) is 0 Å². The van der Waals surface area contributed by atoms with E-state index in [2.05, 4.69) is 34.2 Å². The highest BCUT2D eigenvalue weighted by Crippen LogP contribution is 2.40. The van der Waals surface area contributed by atoms with E-state index in [0.29, 0.717) is 22.9 Å². The first-order valence-corrected chi connectivity index (χ1v) is 10.1. The standard InChI is InChI=1S/C23H23ClN2O2/c24-20-9-5-4-8-18(20)14-19-21(25-23(28)26-22(19)27)17-12-10-16(11-13-17)15-6-2-1-3-7-15/h1-9,16-17H,10-14H2,(H2,25,26,27,28)/t16-,17-. The average Bonchev–Trinajstić information content (AvgIpc) is 2.72. The van der Waals surface area contributed by atoms with Crippen molar-refractivity contribution in [1.82, 2.24) is 9.97 Å². The normalized spacial score (nSPS) is 19.5. The Hall–Kier alpha value is -2.59. The molecule has 1 aliphatic carbocycles. The van der Waals surface area contributed by atoms with Gasteiger partial charge >= 0.3 is 5.69 Å². The molecule has 3 aromatic rings. The largest absolute Gasteiger partial charge is 0.325 e. The maximum Gasteiger partial charge on any atom is 0.325 e. The van der Waals surface area contributed by atoms with Crippen LogP contribution in [0.25, 0.3) is 0 Å². The number of nitrogens with one attached hydrogen (secondary N) is 2. The lowest BCUT2D eigenvalue weighted by atomic mass is 9.76. The van der Waals surface area contributed by atoms with Gasteiger partial charge in [-0.25, -0.2) is 4.79 Å². The van der Waals surface area contributed by atoms with Gasteiger partial charge in [-0.3, -0.25) is 9.78 Å². The van der Waals surface area contributed by atoms with Gasteiger partial charge in [-0.2, -0.15) is 0 Å². The second-order valence-corrected chi connectivity index (χ2v) is 7.94. The molecule has 0 amide bonds. The molecule has 1 fully saturated rings. The lowest BCUT2D eigenvalue weighted by Gasteiger charge is -2.29. The number of H-pyrrole nitrogens is 2. The Morgan fingerprint density at radius 1 is 0.821 bits per heavy atom. The maximum absolute atomic E-state index is 12.6. The Kier molecular flexibility index (Phi) is 5.49. The van der Waals surface area contributed by atoms with Crippen LogP contribution in [0.5, 0.6) is 0 Å². The predicted octanol–water partition coefficient (Wildman–Crippen LogP) is 4.75. The second kappa shape index (κ2) is 8.19. The Bertz CT molecular complexity index is 1060. The van der Waals surface area contributed by atoms with Crippen molar-refractivity contribution in [3.63, 3.8) is 0 Å². The predicted molar refractivity (Wildman–Crippen MR) is 112 cm³/mol. The second-order valence-electron chi connectivity index (χ2n) is 7.53. The molecule has 0 aliphatic heterocycles. The number of halogens is 1. The van der Waals surface area contributed by atoms with Crippen LogP contribution >= 0.6 is 11.6 Å². The summed E-state index contributed by atoms with van der Waals surface area (Å²) in [6.45, 7) is 0. The van der Waals surface area contributed by atoms with Gasteiger partial charge < -0.3 is 4.98 Å². The Morgan fingerprint density at radius 2 is 1.46 bits per heavy atom. The summed E-state index contributed by atoms with van der Waals surface area (Å²) >= 11 is 6.30. The molecular weight excluding hydrogens is 372 g/mol. The summed E-state index contributed by atoms with van der Waals surface area (Å²) in [5.41, 5.74) is 2.91. The third kappa shape index (κ3) is 3.97. The fraction of sp³-hybridized carbons (Fsp3) is 0.304. The molecule has 1 heterocycles. The number of benzene rings is 2. The third-order valence-corrected chi connectivity index (χ3v) is 6.17. The molecule has 1 aromatic heterocycles. The van der Waals surface area contributed by atoms with Gasteiger partial charge in [0, 0.05) is 22.7 Å². The molecular formula is C23H23ClN2O2. The van der Waals surface area contributed by atoms with Crippen molar-refractivity contribution < 1.29 is 0 Å². The van der Waals surface area contributed by atoms with E-state index in [0.717, 1.165) is 36.9 Å². The summed E-state index contributed by atoms with van der Waals surface area (Å²) in [6, 6.07) is 18.1. The van der Waals surface area contributed by atoms with Crippen molar-refractivity contribution in [2.45, 2.75) is 43.9 Å². The molecule has 5 heteroatoms. The van der Waals surface area contributed by atoms with Gasteiger partial charge in [-0.05, 0) is 54.7 Å². The molecule has 0 atom stereocenters. The zero-order chi connectivity index (χ0) is 19.5. The van der Waals surface area contributed by atoms with E-state index in [1.807, 2.05) is 30.3 Å². The van der Waals surface area contributed by atoms with Crippen LogP contribution in [-0.4, -0.2) is 9.97 Å². The molecule has 1 saturated carbocycles. The minimum absolute atomic E-state index is 0.187. The van der Waals surface area contributed by atoms with Crippen molar-refractivity contribution in [3.8, 4) is 0 Å². The van der Waals surface area contributed by atoms with Crippen LogP contribution in [0.4, 0.5) is 0 Å². The van der Waals surface area contributed by atoms with Crippen LogP contribution in [-0.2, 0) is 6.42 Å². The first-order chi connectivity index (χ1) is 13.6. The molecule has 4 rings (SSSR count). The van der Waals surface area contributed by atoms with Gasteiger partial charge in [0.2, 0.25) is 0 Å². The Labute approximate surface area is 168 Å². The molecule has 28 heavy (non-hydrogen) atoms. The fourth-order valence-corrected chi connectivity index (χ4v) is 4.53. The summed E-state index contributed by atoms with van der Waals surface area (Å²) < 4.78 is 0. The van der Waals surface area contributed by atoms with E-state index in [1.54, 1.807) is 0 Å². The molecule has 0 bridgehead atoms. The van der Waals surface area contributed by atoms with Gasteiger partial charge in [-0.15, -0.1) is 0 Å². The van der Waals surface area contributed by atoms with Gasteiger partial charge in [0.15, 0.2) is 0 Å². The molecule has 4 nitrogen and oxygen atoms in total. The highest BCUT2D eigenvalue weighted by Gasteiger charge is 2.27. The minimum Gasteiger partial charge on any atom is -0.311 e. The molecule has 0 saturated heterocycles. The topological polar surface area (TPSA) is 65.7 Å². The highest BCUT2D eigenvalue weighted by atomic mass is 35.5. The van der Waals surface area contributed by atoms with E-state index in [1.165, 1.54) is 5.56 Å². The van der Waals surface area contributed by atoms with Crippen molar-refractivity contribution >= 4 is 11.6 Å². The van der Waals surface area contributed by atoms with Crippen LogP contribution in [0.3, 0.4) is 0 Å². The van der Waals surface area contributed by atoms with E-state index < -0.39 is 5.69 Å². The number of hydrogen-bond acceptors (Lipinski definition) is 2. The Morgan fingerprint density at radius 3 is 2.18 bits per heavy atom. The molecule has 0 unspecified atom stereocenters. The summed E-state index contributed by atoms with van der Waals surface area (Å²) in [5, 5.41) is 0.631. The number of rotatable bonds is 4. The van der Waals surface area contributed by atoms with Gasteiger partial charge in [-0.1, -0.05) is 60.1 Å². The molecule has 1 aliphatic rings. The third-order valence-electron chi connectivity index (χ3n) is 5.81. The lowest BCUT2D eigenvalue weighted by molar-refractivity contribution is 0.388. The molecule has 2 N–H and O–H groups in total. The molecule has 0 radical (unpaired) electrons. The van der Waals surface area contributed by atoms with Crippen molar-refractivity contribution in [3.05, 3.63) is 103 Å². The van der Waals surface area contributed by atoms with Gasteiger partial charge in [0.25, 0.3) is 5.56 Å². The van der Waals surface area contributed by atoms with Gasteiger partial charge in [0.1, 0.15) is 0 Å². The smallest absolute Gasteiger partial charge is 0.311 e. The van der Waals surface area contributed by atoms with E-state index in [-0.39, 0.29) is 11.5 Å². The monoisotopic (exact) mass is 394 g/mol. The first kappa shape index (κ1) is 18.8. The summed E-state index contributed by atoms with van der Waals surface area (Å²) in [6.07, 6.45) is 4.42. The van der Waals surface area contributed by atoms with Crippen LogP contribution in [0.2, 0.25) is 5.02 Å². The van der Waals surface area contributed by atoms with E-state index in [9.17, 15) is 9.59 Å². The quantitative estimate of drug-likeness (QED) is 0.670. The molecule has 2 aromatic carbocycles. The van der Waals surface area contributed by atoms with Crippen molar-refractivity contribution in [1.29, 1.82) is 0 Å². The minimum atomic E-state index is -0.437. The van der Waals surface area contributed by atoms with E-state index >= 15 is 0 Å². The number of aromatic amines is 2. The summed E-state index contributed by atoms with van der Waals surface area (Å²) in [5.74, 6) is 0.727. The first-order valence-electron chi connectivity index (χ1n) is 9.75. The fourth-order valence-electron chi connectivity index (χ4n) is 4.33. The van der Waals surface area contributed by atoms with Crippen molar-refractivity contribution in [2.75, 3.05) is 0 Å². The van der Waals surface area contributed by atoms with Crippen molar-refractivity contribution in [2.24, 2.45) is 0 Å². The van der Waals surface area contributed by atoms with Crippen LogP contribution in [0.1, 0.15) is 59.9 Å². The maximum atomic E-state index is 12.6. The van der Waals surface area contributed by atoms with Crippen LogP contribution in [0.15, 0.2) is 64.2 Å². The summed E-state index contributed by atoms with van der Waals surface area (Å²) in [4.78, 5) is 29.9. The SMILES string of the molecule is O=c1[nH]c(=O)c(Cc2ccccc2Cl)c([C@H]2CC[C@H](c3ccccc3)CC2)[nH]1. The number of aromatic nitrogens is 2. The zero-order valence-corrected chi connectivity index (χ0v) is 16.3. The Balaban J connectivity index is 1.60. The zero-order valence-electron chi connectivity index (χ0n) is 15.6. The van der Waals surface area contributed by atoms with Crippen LogP contribution < -0.4 is 11.2 Å². The highest BCUT2D eigenvalue weighted by molar-refractivity contribution is 6.31. The number of hydrogen-bond donors (Lipinski definition) is 2. The molecule has 0 spiro atoms. The lowest BCUT2D eigenvalue weighted by Crippen LogP contribution is -2.30. The van der Waals surface area contributed by atoms with Crippen LogP contribution in [0, 0.1) is 0 Å². The summed E-state index contributed by atoms with van der Waals surface area (Å²) in [7, 11) is 0. The molecule has 144 valence electrons. The van der Waals surface area contributed by atoms with E-state index in [4.69, 9.17) is 11.6 Å². The average molecular weight is 395 g/mol.